The number of amides is 2. The van der Waals surface area contributed by atoms with Crippen molar-refractivity contribution in [3.8, 4) is 0 Å². The Hall–Kier alpha value is -1.56. The van der Waals surface area contributed by atoms with Crippen LogP contribution in [0.4, 0.5) is 9.80 Å². The molecular weight excluding hydrogens is 264 g/mol. The molecule has 0 aliphatic carbocycles. The van der Waals surface area contributed by atoms with E-state index in [1.807, 2.05) is 6.92 Å². The smallest absolute Gasteiger partial charge is 0.338 e. The summed E-state index contributed by atoms with van der Waals surface area (Å²) < 4.78 is 0. The van der Waals surface area contributed by atoms with Crippen LogP contribution in [0.3, 0.4) is 0 Å². The molecule has 5 nitrogen and oxygen atoms in total. The first-order valence-corrected chi connectivity index (χ1v) is 7.24. The molecule has 1 heterocycles. The Kier molecular flexibility index (Phi) is 5.82. The molecule has 19 heavy (non-hydrogen) atoms. The predicted molar refractivity (Wildman–Crippen MR) is 77.0 cm³/mol. The second-order valence-corrected chi connectivity index (χ2v) is 5.37. The van der Waals surface area contributed by atoms with Crippen LogP contribution in [0.5, 0.6) is 0 Å². The maximum Gasteiger partial charge on any atom is 0.338 e. The third-order valence-corrected chi connectivity index (χ3v) is 3.84. The van der Waals surface area contributed by atoms with Crippen LogP contribution in [0.1, 0.15) is 37.6 Å². The highest BCUT2D eigenvalue weighted by Gasteiger charge is 2.18. The molecule has 0 spiro atoms. The second kappa shape index (κ2) is 7.13. The number of thiophene rings is 1. The lowest BCUT2D eigenvalue weighted by Crippen LogP contribution is -2.37. The summed E-state index contributed by atoms with van der Waals surface area (Å²) in [4.78, 5) is 24.8. The Morgan fingerprint density at radius 2 is 2.16 bits per heavy atom. The molecule has 0 aliphatic rings. The van der Waals surface area contributed by atoms with Gasteiger partial charge in [0.05, 0.1) is 5.56 Å². The van der Waals surface area contributed by atoms with E-state index in [1.165, 1.54) is 17.4 Å². The number of carboxylic acid groups (broad SMARTS) is 1. The molecule has 2 amide bonds. The van der Waals surface area contributed by atoms with Gasteiger partial charge in [-0.2, -0.15) is 0 Å². The van der Waals surface area contributed by atoms with Crippen molar-refractivity contribution in [1.82, 2.24) is 4.90 Å². The van der Waals surface area contributed by atoms with E-state index < -0.39 is 5.97 Å². The monoisotopic (exact) mass is 284 g/mol. The predicted octanol–water partition coefficient (Wildman–Crippen LogP) is 3.35. The molecular formula is C13H20N2O3S. The van der Waals surface area contributed by atoms with Gasteiger partial charge in [-0.05, 0) is 24.3 Å². The van der Waals surface area contributed by atoms with E-state index >= 15 is 0 Å². The third-order valence-electron chi connectivity index (χ3n) is 3.01. The number of nitrogens with one attached hydrogen (secondary N) is 1. The summed E-state index contributed by atoms with van der Waals surface area (Å²) in [6.45, 7) is 7.35. The minimum Gasteiger partial charge on any atom is -0.478 e. The van der Waals surface area contributed by atoms with E-state index in [9.17, 15) is 9.59 Å². The lowest BCUT2D eigenvalue weighted by Gasteiger charge is -2.24. The number of urea groups is 1. The van der Waals surface area contributed by atoms with Crippen molar-refractivity contribution >= 4 is 28.3 Å². The molecule has 106 valence electrons. The minimum absolute atomic E-state index is 0.137. The van der Waals surface area contributed by atoms with Gasteiger partial charge in [-0.15, -0.1) is 11.3 Å². The molecule has 6 heteroatoms. The first-order chi connectivity index (χ1) is 8.99. The van der Waals surface area contributed by atoms with Gasteiger partial charge in [0.15, 0.2) is 0 Å². The lowest BCUT2D eigenvalue weighted by molar-refractivity contribution is 0.0698. The maximum absolute atomic E-state index is 12.1. The van der Waals surface area contributed by atoms with Crippen LogP contribution >= 0.6 is 11.3 Å². The van der Waals surface area contributed by atoms with Crippen LogP contribution in [-0.4, -0.2) is 35.1 Å². The van der Waals surface area contributed by atoms with E-state index in [-0.39, 0.29) is 11.6 Å². The van der Waals surface area contributed by atoms with Gasteiger partial charge in [-0.25, -0.2) is 9.59 Å². The summed E-state index contributed by atoms with van der Waals surface area (Å²) in [6, 6.07) is 1.25. The third kappa shape index (κ3) is 4.24. The lowest BCUT2D eigenvalue weighted by atomic mass is 10.1. The Labute approximate surface area is 117 Å². The number of anilines is 1. The van der Waals surface area contributed by atoms with Gasteiger partial charge in [0.1, 0.15) is 5.00 Å². The van der Waals surface area contributed by atoms with Crippen molar-refractivity contribution in [3.63, 3.8) is 0 Å². The van der Waals surface area contributed by atoms with E-state index in [4.69, 9.17) is 5.11 Å². The summed E-state index contributed by atoms with van der Waals surface area (Å²) in [5.41, 5.74) is 0.137. The summed E-state index contributed by atoms with van der Waals surface area (Å²) in [5.74, 6) is -0.602. The SMILES string of the molecule is CCC(C)CN(CC)C(=O)Nc1sccc1C(=O)O. The van der Waals surface area contributed by atoms with Crippen molar-refractivity contribution in [3.05, 3.63) is 17.0 Å². The second-order valence-electron chi connectivity index (χ2n) is 4.45. The van der Waals surface area contributed by atoms with E-state index in [1.54, 1.807) is 10.3 Å². The van der Waals surface area contributed by atoms with Crippen molar-refractivity contribution in [2.75, 3.05) is 18.4 Å². The molecule has 2 N–H and O–H groups in total. The average molecular weight is 284 g/mol. The first kappa shape index (κ1) is 15.5. The van der Waals surface area contributed by atoms with Crippen LogP contribution in [0.2, 0.25) is 0 Å². The Balaban J connectivity index is 2.71. The number of hydrogen-bond acceptors (Lipinski definition) is 3. The highest BCUT2D eigenvalue weighted by molar-refractivity contribution is 7.14. The summed E-state index contributed by atoms with van der Waals surface area (Å²) >= 11 is 1.22. The summed E-state index contributed by atoms with van der Waals surface area (Å²) in [6.07, 6.45) is 1.00. The normalized spacial score (nSPS) is 11.9. The molecule has 1 rings (SSSR count). The average Bonchev–Trinajstić information content (AvgIpc) is 2.83. The van der Waals surface area contributed by atoms with Crippen molar-refractivity contribution in [2.45, 2.75) is 27.2 Å². The minimum atomic E-state index is -1.03. The Morgan fingerprint density at radius 3 is 2.68 bits per heavy atom. The molecule has 0 aromatic carbocycles. The van der Waals surface area contributed by atoms with Crippen LogP contribution in [0.15, 0.2) is 11.4 Å². The number of aromatic carboxylic acids is 1. The van der Waals surface area contributed by atoms with E-state index in [0.717, 1.165) is 6.42 Å². The molecule has 0 radical (unpaired) electrons. The Morgan fingerprint density at radius 1 is 1.47 bits per heavy atom. The molecule has 1 aromatic heterocycles. The number of nitrogens with zero attached hydrogens (tertiary/aromatic N) is 1. The molecule has 1 atom stereocenters. The molecule has 1 aromatic rings. The quantitative estimate of drug-likeness (QED) is 0.841. The number of carboxylic acids is 1. The van der Waals surface area contributed by atoms with Gasteiger partial charge >= 0.3 is 12.0 Å². The standard InChI is InChI=1S/C13H20N2O3S/c1-4-9(3)8-15(5-2)13(18)14-11-10(12(16)17)6-7-19-11/h6-7,9H,4-5,8H2,1-3H3,(H,14,18)(H,16,17). The van der Waals surface area contributed by atoms with Gasteiger partial charge in [-0.3, -0.25) is 5.32 Å². The first-order valence-electron chi connectivity index (χ1n) is 6.36. The van der Waals surface area contributed by atoms with Crippen LogP contribution in [0, 0.1) is 5.92 Å². The van der Waals surface area contributed by atoms with Gasteiger partial charge in [0, 0.05) is 13.1 Å². The van der Waals surface area contributed by atoms with E-state index in [0.29, 0.717) is 24.0 Å². The number of carbonyl (C=O) groups excluding carboxylic acids is 1. The zero-order valence-corrected chi connectivity index (χ0v) is 12.3. The fourth-order valence-corrected chi connectivity index (χ4v) is 2.38. The largest absolute Gasteiger partial charge is 0.478 e. The molecule has 0 fully saturated rings. The number of rotatable bonds is 6. The fourth-order valence-electron chi connectivity index (χ4n) is 1.61. The van der Waals surface area contributed by atoms with Gasteiger partial charge in [-0.1, -0.05) is 20.3 Å². The Bertz CT molecular complexity index is 445. The molecule has 1 unspecified atom stereocenters. The van der Waals surface area contributed by atoms with Crippen LogP contribution < -0.4 is 5.32 Å². The maximum atomic E-state index is 12.1. The van der Waals surface area contributed by atoms with Crippen molar-refractivity contribution in [2.24, 2.45) is 5.92 Å². The van der Waals surface area contributed by atoms with Crippen LogP contribution in [0.25, 0.3) is 0 Å². The molecule has 0 aliphatic heterocycles. The summed E-state index contributed by atoms with van der Waals surface area (Å²) in [5, 5.41) is 13.7. The highest BCUT2D eigenvalue weighted by Crippen LogP contribution is 2.23. The number of carbonyl (C=O) groups is 2. The van der Waals surface area contributed by atoms with Gasteiger partial charge < -0.3 is 10.0 Å². The topological polar surface area (TPSA) is 69.6 Å². The highest BCUT2D eigenvalue weighted by atomic mass is 32.1. The zero-order valence-electron chi connectivity index (χ0n) is 11.5. The van der Waals surface area contributed by atoms with E-state index in [2.05, 4.69) is 19.2 Å². The van der Waals surface area contributed by atoms with Crippen molar-refractivity contribution < 1.29 is 14.7 Å². The van der Waals surface area contributed by atoms with Crippen LogP contribution in [-0.2, 0) is 0 Å². The van der Waals surface area contributed by atoms with Gasteiger partial charge in [0.25, 0.3) is 0 Å². The molecule has 0 saturated carbocycles. The summed E-state index contributed by atoms with van der Waals surface area (Å²) in [7, 11) is 0. The molecule has 0 bridgehead atoms. The molecule has 0 saturated heterocycles. The zero-order chi connectivity index (χ0) is 14.4. The fraction of sp³-hybridized carbons (Fsp3) is 0.538. The van der Waals surface area contributed by atoms with Crippen molar-refractivity contribution in [1.29, 1.82) is 0 Å². The number of hydrogen-bond donors (Lipinski definition) is 2. The van der Waals surface area contributed by atoms with Gasteiger partial charge in [0.2, 0.25) is 0 Å².